The number of nitrogens with zero attached hydrogens (tertiary/aromatic N) is 1. The van der Waals surface area contributed by atoms with Gasteiger partial charge >= 0.3 is 0 Å². The molecule has 0 bridgehead atoms. The first-order valence-corrected chi connectivity index (χ1v) is 9.36. The summed E-state index contributed by atoms with van der Waals surface area (Å²) < 4.78 is 5.62. The number of rotatable bonds is 6. The van der Waals surface area contributed by atoms with Crippen LogP contribution >= 0.6 is 0 Å². The summed E-state index contributed by atoms with van der Waals surface area (Å²) in [5, 5.41) is 13.0. The van der Waals surface area contributed by atoms with E-state index in [9.17, 15) is 9.90 Å². The molecule has 0 aromatic heterocycles. The van der Waals surface area contributed by atoms with Crippen molar-refractivity contribution < 1.29 is 14.6 Å². The van der Waals surface area contributed by atoms with Crippen LogP contribution in [-0.4, -0.2) is 59.9 Å². The smallest absolute Gasteiger partial charge is 0.251 e. The third-order valence-electron chi connectivity index (χ3n) is 5.22. The van der Waals surface area contributed by atoms with Crippen molar-refractivity contribution in [1.82, 2.24) is 10.2 Å². The fourth-order valence-electron chi connectivity index (χ4n) is 3.64. The van der Waals surface area contributed by atoms with E-state index in [1.807, 2.05) is 38.1 Å². The minimum atomic E-state index is -0.664. The largest absolute Gasteiger partial charge is 0.390 e. The van der Waals surface area contributed by atoms with Crippen molar-refractivity contribution in [3.05, 3.63) is 35.4 Å². The summed E-state index contributed by atoms with van der Waals surface area (Å²) in [5.41, 5.74) is 1.15. The molecule has 5 nitrogen and oxygen atoms in total. The molecule has 1 aromatic carbocycles. The van der Waals surface area contributed by atoms with Gasteiger partial charge in [-0.3, -0.25) is 9.69 Å². The van der Waals surface area contributed by atoms with E-state index in [1.54, 1.807) is 0 Å². The zero-order valence-electron chi connectivity index (χ0n) is 15.3. The molecule has 1 aromatic rings. The normalized spacial score (nSPS) is 24.6. The number of hydrogen-bond acceptors (Lipinski definition) is 4. The van der Waals surface area contributed by atoms with Crippen LogP contribution in [0.5, 0.6) is 0 Å². The quantitative estimate of drug-likeness (QED) is 0.827. The SMILES string of the molecule is CC(C)(O)CCc1ccc(C(=O)N[C@H]2COC[C@@H]2N2CCCC2)cc1. The maximum absolute atomic E-state index is 12.6. The molecule has 138 valence electrons. The fourth-order valence-corrected chi connectivity index (χ4v) is 3.64. The number of benzene rings is 1. The van der Waals surface area contributed by atoms with E-state index in [0.717, 1.165) is 25.1 Å². The third kappa shape index (κ3) is 5.03. The number of likely N-dealkylation sites (tertiary alicyclic amines) is 1. The van der Waals surface area contributed by atoms with Gasteiger partial charge in [-0.05, 0) is 70.3 Å². The first-order chi connectivity index (χ1) is 11.9. The highest BCUT2D eigenvalue weighted by atomic mass is 16.5. The first kappa shape index (κ1) is 18.4. The predicted molar refractivity (Wildman–Crippen MR) is 97.7 cm³/mol. The van der Waals surface area contributed by atoms with Gasteiger partial charge in [0.2, 0.25) is 0 Å². The van der Waals surface area contributed by atoms with E-state index in [-0.39, 0.29) is 11.9 Å². The highest BCUT2D eigenvalue weighted by molar-refractivity contribution is 5.94. The molecule has 3 rings (SSSR count). The zero-order chi connectivity index (χ0) is 17.9. The number of aryl methyl sites for hydroxylation is 1. The fraction of sp³-hybridized carbons (Fsp3) is 0.650. The third-order valence-corrected chi connectivity index (χ3v) is 5.22. The standard InChI is InChI=1S/C20H30N2O3/c1-20(2,24)10-9-15-5-7-16(8-6-15)19(23)21-17-13-25-14-18(17)22-11-3-4-12-22/h5-8,17-18,24H,3-4,9-14H2,1-2H3,(H,21,23)/t17-,18-/m0/s1. The summed E-state index contributed by atoms with van der Waals surface area (Å²) in [5.74, 6) is -0.0336. The highest BCUT2D eigenvalue weighted by Gasteiger charge is 2.35. The number of carbonyl (C=O) groups excluding carboxylic acids is 1. The molecule has 2 aliphatic rings. The Morgan fingerprint density at radius 1 is 1.24 bits per heavy atom. The highest BCUT2D eigenvalue weighted by Crippen LogP contribution is 2.20. The molecule has 5 heteroatoms. The van der Waals surface area contributed by atoms with Gasteiger partial charge in [-0.25, -0.2) is 0 Å². The molecule has 2 atom stereocenters. The van der Waals surface area contributed by atoms with Crippen LogP contribution in [0.1, 0.15) is 49.0 Å². The van der Waals surface area contributed by atoms with Crippen molar-refractivity contribution in [2.24, 2.45) is 0 Å². The molecular formula is C20H30N2O3. The van der Waals surface area contributed by atoms with Crippen LogP contribution in [0.3, 0.4) is 0 Å². The van der Waals surface area contributed by atoms with Gasteiger partial charge in [-0.1, -0.05) is 12.1 Å². The summed E-state index contributed by atoms with van der Waals surface area (Å²) in [7, 11) is 0. The van der Waals surface area contributed by atoms with Gasteiger partial charge in [0.1, 0.15) is 0 Å². The Balaban J connectivity index is 1.55. The second-order valence-electron chi connectivity index (χ2n) is 7.94. The van der Waals surface area contributed by atoms with Crippen LogP contribution in [0.4, 0.5) is 0 Å². The van der Waals surface area contributed by atoms with Gasteiger partial charge in [-0.15, -0.1) is 0 Å². The molecule has 0 unspecified atom stereocenters. The minimum absolute atomic E-state index is 0.0336. The number of nitrogens with one attached hydrogen (secondary N) is 1. The Labute approximate surface area is 150 Å². The first-order valence-electron chi connectivity index (χ1n) is 9.36. The van der Waals surface area contributed by atoms with Crippen molar-refractivity contribution in [3.8, 4) is 0 Å². The number of ether oxygens (including phenoxy) is 1. The zero-order valence-corrected chi connectivity index (χ0v) is 15.3. The second kappa shape index (κ2) is 7.85. The van der Waals surface area contributed by atoms with E-state index in [4.69, 9.17) is 4.74 Å². The Morgan fingerprint density at radius 3 is 2.56 bits per heavy atom. The molecule has 0 radical (unpaired) electrons. The van der Waals surface area contributed by atoms with Crippen molar-refractivity contribution in [2.45, 2.75) is 57.2 Å². The molecule has 2 aliphatic heterocycles. The van der Waals surface area contributed by atoms with Gasteiger partial charge in [0.05, 0.1) is 30.9 Å². The molecule has 2 saturated heterocycles. The lowest BCUT2D eigenvalue weighted by molar-refractivity contribution is 0.0713. The Bertz CT molecular complexity index is 574. The molecule has 2 fully saturated rings. The summed E-state index contributed by atoms with van der Waals surface area (Å²) in [6.07, 6.45) is 3.99. The Kier molecular flexibility index (Phi) is 5.77. The molecule has 0 saturated carbocycles. The Morgan fingerprint density at radius 2 is 1.92 bits per heavy atom. The molecule has 2 heterocycles. The molecule has 1 amide bonds. The van der Waals surface area contributed by atoms with E-state index in [2.05, 4.69) is 10.2 Å². The second-order valence-corrected chi connectivity index (χ2v) is 7.94. The lowest BCUT2D eigenvalue weighted by atomic mass is 9.98. The van der Waals surface area contributed by atoms with Crippen molar-refractivity contribution in [2.75, 3.05) is 26.3 Å². The number of carbonyl (C=O) groups is 1. The van der Waals surface area contributed by atoms with E-state index >= 15 is 0 Å². The van der Waals surface area contributed by atoms with Crippen molar-refractivity contribution in [3.63, 3.8) is 0 Å². The number of aliphatic hydroxyl groups is 1. The lowest BCUT2D eigenvalue weighted by Crippen LogP contribution is -2.50. The molecule has 0 spiro atoms. The van der Waals surface area contributed by atoms with Gasteiger partial charge in [0.25, 0.3) is 5.91 Å². The van der Waals surface area contributed by atoms with Crippen LogP contribution in [0, 0.1) is 0 Å². The van der Waals surface area contributed by atoms with Crippen LogP contribution in [-0.2, 0) is 11.2 Å². The van der Waals surface area contributed by atoms with Crippen LogP contribution < -0.4 is 5.32 Å². The van der Waals surface area contributed by atoms with Crippen molar-refractivity contribution in [1.29, 1.82) is 0 Å². The molecule has 2 N–H and O–H groups in total. The predicted octanol–water partition coefficient (Wildman–Crippen LogP) is 1.98. The van der Waals surface area contributed by atoms with Gasteiger partial charge < -0.3 is 15.2 Å². The summed E-state index contributed by atoms with van der Waals surface area (Å²) in [6, 6.07) is 8.07. The summed E-state index contributed by atoms with van der Waals surface area (Å²) in [6.45, 7) is 7.15. The monoisotopic (exact) mass is 346 g/mol. The molecule has 0 aliphatic carbocycles. The summed E-state index contributed by atoms with van der Waals surface area (Å²) >= 11 is 0. The topological polar surface area (TPSA) is 61.8 Å². The van der Waals surface area contributed by atoms with Crippen LogP contribution in [0.2, 0.25) is 0 Å². The van der Waals surface area contributed by atoms with E-state index in [0.29, 0.717) is 31.2 Å². The average molecular weight is 346 g/mol. The van der Waals surface area contributed by atoms with Crippen LogP contribution in [0.25, 0.3) is 0 Å². The van der Waals surface area contributed by atoms with Gasteiger partial charge in [-0.2, -0.15) is 0 Å². The number of hydrogen-bond donors (Lipinski definition) is 2. The number of amides is 1. The van der Waals surface area contributed by atoms with Gasteiger partial charge in [0.15, 0.2) is 0 Å². The average Bonchev–Trinajstić information content (AvgIpc) is 3.23. The van der Waals surface area contributed by atoms with Crippen LogP contribution in [0.15, 0.2) is 24.3 Å². The Hall–Kier alpha value is -1.43. The van der Waals surface area contributed by atoms with Crippen molar-refractivity contribution >= 4 is 5.91 Å². The maximum Gasteiger partial charge on any atom is 0.251 e. The summed E-state index contributed by atoms with van der Waals surface area (Å²) in [4.78, 5) is 15.0. The van der Waals surface area contributed by atoms with E-state index < -0.39 is 5.60 Å². The van der Waals surface area contributed by atoms with Gasteiger partial charge in [0, 0.05) is 5.56 Å². The minimum Gasteiger partial charge on any atom is -0.390 e. The van der Waals surface area contributed by atoms with E-state index in [1.165, 1.54) is 12.8 Å². The molecular weight excluding hydrogens is 316 g/mol. The lowest BCUT2D eigenvalue weighted by Gasteiger charge is -2.27. The maximum atomic E-state index is 12.6. The molecule has 25 heavy (non-hydrogen) atoms.